The Balaban J connectivity index is 2.32. The van der Waals surface area contributed by atoms with Gasteiger partial charge in [0, 0.05) is 44.4 Å². The van der Waals surface area contributed by atoms with Crippen molar-refractivity contribution in [2.24, 2.45) is 0 Å². The summed E-state index contributed by atoms with van der Waals surface area (Å²) >= 11 is 0. The van der Waals surface area contributed by atoms with Crippen molar-refractivity contribution in [3.8, 4) is 17.2 Å². The molecule has 0 unspecified atom stereocenters. The molecule has 0 bridgehead atoms. The minimum absolute atomic E-state index is 0.0206. The zero-order chi connectivity index (χ0) is 13.1. The van der Waals surface area contributed by atoms with E-state index in [1.807, 2.05) is 6.92 Å². The van der Waals surface area contributed by atoms with Crippen LogP contribution >= 0.6 is 0 Å². The largest absolute Gasteiger partial charge is 0.508 e. The standard InChI is InChI=1S/C13H20N2O3/c1-2-10(15-5-3-14-4-6-15)13-11(17)7-9(16)8-12(13)18/h7-8,10,14,16-18H,2-6H2,1H3/t10-/m0/s1. The zero-order valence-corrected chi connectivity index (χ0v) is 10.6. The van der Waals surface area contributed by atoms with Crippen LogP contribution < -0.4 is 5.32 Å². The summed E-state index contributed by atoms with van der Waals surface area (Å²) in [5.74, 6) is -0.209. The quantitative estimate of drug-likeness (QED) is 0.649. The third-order valence-corrected chi connectivity index (χ3v) is 3.43. The van der Waals surface area contributed by atoms with Crippen LogP contribution in [0.1, 0.15) is 24.9 Å². The van der Waals surface area contributed by atoms with Gasteiger partial charge in [0.1, 0.15) is 17.2 Å². The van der Waals surface area contributed by atoms with Gasteiger partial charge in [0.25, 0.3) is 0 Å². The highest BCUT2D eigenvalue weighted by atomic mass is 16.3. The fraction of sp³-hybridized carbons (Fsp3) is 0.538. The van der Waals surface area contributed by atoms with Gasteiger partial charge in [-0.25, -0.2) is 0 Å². The third kappa shape index (κ3) is 2.52. The Bertz CT molecular complexity index is 394. The summed E-state index contributed by atoms with van der Waals surface area (Å²) in [6, 6.07) is 2.53. The summed E-state index contributed by atoms with van der Waals surface area (Å²) in [6.45, 7) is 5.63. The number of benzene rings is 1. The Morgan fingerprint density at radius 3 is 2.22 bits per heavy atom. The first-order chi connectivity index (χ1) is 8.63. The molecule has 100 valence electrons. The van der Waals surface area contributed by atoms with Gasteiger partial charge in [-0.15, -0.1) is 0 Å². The molecule has 0 amide bonds. The predicted octanol–water partition coefficient (Wildman–Crippen LogP) is 1.16. The second kappa shape index (κ2) is 5.46. The van der Waals surface area contributed by atoms with Crippen LogP contribution in [-0.2, 0) is 0 Å². The van der Waals surface area contributed by atoms with Crippen LogP contribution in [0.4, 0.5) is 0 Å². The molecule has 2 rings (SSSR count). The average molecular weight is 252 g/mol. The van der Waals surface area contributed by atoms with E-state index >= 15 is 0 Å². The molecule has 1 atom stereocenters. The first kappa shape index (κ1) is 13.0. The number of nitrogens with zero attached hydrogens (tertiary/aromatic N) is 1. The Labute approximate surface area is 107 Å². The molecule has 18 heavy (non-hydrogen) atoms. The Hall–Kier alpha value is -1.46. The second-order valence-corrected chi connectivity index (χ2v) is 4.61. The number of nitrogens with one attached hydrogen (secondary N) is 1. The van der Waals surface area contributed by atoms with Crippen molar-refractivity contribution in [2.75, 3.05) is 26.2 Å². The summed E-state index contributed by atoms with van der Waals surface area (Å²) in [6.07, 6.45) is 0.798. The minimum Gasteiger partial charge on any atom is -0.508 e. The summed E-state index contributed by atoms with van der Waals surface area (Å²) in [7, 11) is 0. The van der Waals surface area contributed by atoms with Crippen LogP contribution in [0.2, 0.25) is 0 Å². The summed E-state index contributed by atoms with van der Waals surface area (Å²) in [5, 5.41) is 32.5. The maximum atomic E-state index is 9.94. The fourth-order valence-corrected chi connectivity index (χ4v) is 2.59. The number of hydrogen-bond acceptors (Lipinski definition) is 5. The van der Waals surface area contributed by atoms with E-state index in [-0.39, 0.29) is 23.3 Å². The van der Waals surface area contributed by atoms with Gasteiger partial charge < -0.3 is 20.6 Å². The molecule has 5 heteroatoms. The lowest BCUT2D eigenvalue weighted by atomic mass is 9.99. The summed E-state index contributed by atoms with van der Waals surface area (Å²) < 4.78 is 0. The van der Waals surface area contributed by atoms with E-state index in [1.54, 1.807) is 0 Å². The van der Waals surface area contributed by atoms with Gasteiger partial charge >= 0.3 is 0 Å². The van der Waals surface area contributed by atoms with E-state index in [4.69, 9.17) is 0 Å². The highest BCUT2D eigenvalue weighted by molar-refractivity contribution is 5.50. The molecule has 0 radical (unpaired) electrons. The molecule has 1 aliphatic heterocycles. The van der Waals surface area contributed by atoms with Crippen molar-refractivity contribution in [3.63, 3.8) is 0 Å². The van der Waals surface area contributed by atoms with E-state index in [9.17, 15) is 15.3 Å². The highest BCUT2D eigenvalue weighted by Crippen LogP contribution is 2.40. The first-order valence-corrected chi connectivity index (χ1v) is 6.33. The van der Waals surface area contributed by atoms with Crippen molar-refractivity contribution in [3.05, 3.63) is 17.7 Å². The van der Waals surface area contributed by atoms with Crippen molar-refractivity contribution in [1.82, 2.24) is 10.2 Å². The molecule has 0 saturated carbocycles. The molecule has 0 spiro atoms. The predicted molar refractivity (Wildman–Crippen MR) is 68.9 cm³/mol. The number of rotatable bonds is 3. The molecule has 1 aromatic carbocycles. The Morgan fingerprint density at radius 1 is 1.17 bits per heavy atom. The molecular weight excluding hydrogens is 232 g/mol. The SMILES string of the molecule is CC[C@@H](c1c(O)cc(O)cc1O)N1CCNCC1. The van der Waals surface area contributed by atoms with Crippen molar-refractivity contribution >= 4 is 0 Å². The Kier molecular flexibility index (Phi) is 3.93. The molecule has 1 saturated heterocycles. The van der Waals surface area contributed by atoms with E-state index < -0.39 is 0 Å². The lowest BCUT2D eigenvalue weighted by Crippen LogP contribution is -2.45. The lowest BCUT2D eigenvalue weighted by molar-refractivity contribution is 0.164. The molecular formula is C13H20N2O3. The minimum atomic E-state index is -0.121. The van der Waals surface area contributed by atoms with Gasteiger partial charge in [0.2, 0.25) is 0 Å². The zero-order valence-electron chi connectivity index (χ0n) is 10.6. The maximum absolute atomic E-state index is 9.94. The topological polar surface area (TPSA) is 76.0 Å². The van der Waals surface area contributed by atoms with Crippen LogP contribution in [0.5, 0.6) is 17.2 Å². The molecule has 1 fully saturated rings. The van der Waals surface area contributed by atoms with Gasteiger partial charge in [-0.3, -0.25) is 4.90 Å². The van der Waals surface area contributed by atoms with E-state index in [2.05, 4.69) is 10.2 Å². The number of aromatic hydroxyl groups is 3. The van der Waals surface area contributed by atoms with Gasteiger partial charge in [-0.1, -0.05) is 6.92 Å². The molecule has 4 N–H and O–H groups in total. The average Bonchev–Trinajstić information content (AvgIpc) is 2.34. The number of phenolic OH excluding ortho intramolecular Hbond substituents is 3. The van der Waals surface area contributed by atoms with Crippen LogP contribution in [-0.4, -0.2) is 46.4 Å². The molecule has 1 heterocycles. The molecule has 5 nitrogen and oxygen atoms in total. The van der Waals surface area contributed by atoms with Gasteiger partial charge in [-0.05, 0) is 6.42 Å². The van der Waals surface area contributed by atoms with Crippen LogP contribution in [0.25, 0.3) is 0 Å². The Morgan fingerprint density at radius 2 is 1.72 bits per heavy atom. The maximum Gasteiger partial charge on any atom is 0.127 e. The summed E-state index contributed by atoms with van der Waals surface area (Å²) in [4.78, 5) is 2.24. The number of hydrogen-bond donors (Lipinski definition) is 4. The number of phenols is 3. The lowest BCUT2D eigenvalue weighted by Gasteiger charge is -2.35. The molecule has 0 aromatic heterocycles. The fourth-order valence-electron chi connectivity index (χ4n) is 2.59. The normalized spacial score (nSPS) is 18.7. The smallest absolute Gasteiger partial charge is 0.127 e. The van der Waals surface area contributed by atoms with E-state index in [1.165, 1.54) is 12.1 Å². The van der Waals surface area contributed by atoms with Crippen LogP contribution in [0.15, 0.2) is 12.1 Å². The highest BCUT2D eigenvalue weighted by Gasteiger charge is 2.26. The van der Waals surface area contributed by atoms with E-state index in [0.717, 1.165) is 32.6 Å². The van der Waals surface area contributed by atoms with Crippen molar-refractivity contribution in [1.29, 1.82) is 0 Å². The summed E-state index contributed by atoms with van der Waals surface area (Å²) in [5.41, 5.74) is 0.511. The molecule has 1 aromatic rings. The van der Waals surface area contributed by atoms with Gasteiger partial charge in [0.05, 0.1) is 5.56 Å². The monoisotopic (exact) mass is 252 g/mol. The van der Waals surface area contributed by atoms with Crippen LogP contribution in [0.3, 0.4) is 0 Å². The van der Waals surface area contributed by atoms with Gasteiger partial charge in [0.15, 0.2) is 0 Å². The number of piperazine rings is 1. The van der Waals surface area contributed by atoms with Crippen molar-refractivity contribution < 1.29 is 15.3 Å². The first-order valence-electron chi connectivity index (χ1n) is 6.33. The van der Waals surface area contributed by atoms with Crippen molar-refractivity contribution in [2.45, 2.75) is 19.4 Å². The molecule has 1 aliphatic rings. The van der Waals surface area contributed by atoms with Gasteiger partial charge in [-0.2, -0.15) is 0 Å². The molecule has 0 aliphatic carbocycles. The van der Waals surface area contributed by atoms with Crippen LogP contribution in [0, 0.1) is 0 Å². The third-order valence-electron chi connectivity index (χ3n) is 3.43. The van der Waals surface area contributed by atoms with E-state index in [0.29, 0.717) is 5.56 Å². The second-order valence-electron chi connectivity index (χ2n) is 4.61.